The van der Waals surface area contributed by atoms with Gasteiger partial charge in [-0.25, -0.2) is 4.98 Å². The predicted octanol–water partition coefficient (Wildman–Crippen LogP) is 3.30. The first-order valence-electron chi connectivity index (χ1n) is 6.45. The molecule has 0 aliphatic rings. The largest absolute Gasteiger partial charge is 0.351 e. The third kappa shape index (κ3) is 4.02. The first-order chi connectivity index (χ1) is 9.03. The molecule has 1 heterocycles. The molecule has 0 atom stereocenters. The highest BCUT2D eigenvalue weighted by Gasteiger charge is 2.23. The van der Waals surface area contributed by atoms with Crippen LogP contribution in [0.3, 0.4) is 0 Å². The van der Waals surface area contributed by atoms with Crippen LogP contribution in [0.4, 0.5) is 11.5 Å². The fraction of sp³-hybridized carbons (Fsp3) is 0.667. The van der Waals surface area contributed by atoms with Crippen molar-refractivity contribution in [2.45, 2.75) is 33.6 Å². The van der Waals surface area contributed by atoms with E-state index in [4.69, 9.17) is 11.6 Å². The van der Waals surface area contributed by atoms with Crippen LogP contribution in [-0.4, -0.2) is 28.0 Å². The molecule has 106 valence electrons. The molecule has 0 amide bonds. The molecule has 1 aromatic rings. The number of halogens is 1. The Morgan fingerprint density at radius 3 is 2.53 bits per heavy atom. The van der Waals surface area contributed by atoms with Crippen LogP contribution in [0.15, 0.2) is 6.20 Å². The zero-order chi connectivity index (χ0) is 14.4. The lowest BCUT2D eigenvalue weighted by molar-refractivity contribution is -0.384. The van der Waals surface area contributed by atoms with Gasteiger partial charge < -0.3 is 4.90 Å². The van der Waals surface area contributed by atoms with Gasteiger partial charge in [0.2, 0.25) is 11.1 Å². The summed E-state index contributed by atoms with van der Waals surface area (Å²) >= 11 is 5.76. The van der Waals surface area contributed by atoms with Gasteiger partial charge in [-0.2, -0.15) is 4.98 Å². The van der Waals surface area contributed by atoms with Gasteiger partial charge in [-0.05, 0) is 24.4 Å². The molecule has 6 nitrogen and oxygen atoms in total. The van der Waals surface area contributed by atoms with Crippen LogP contribution in [-0.2, 0) is 0 Å². The molecule has 0 N–H and O–H groups in total. The summed E-state index contributed by atoms with van der Waals surface area (Å²) in [6, 6.07) is 0. The monoisotopic (exact) mass is 286 g/mol. The van der Waals surface area contributed by atoms with Crippen molar-refractivity contribution < 1.29 is 4.92 Å². The van der Waals surface area contributed by atoms with Crippen molar-refractivity contribution in [2.75, 3.05) is 18.0 Å². The molecule has 0 aliphatic carbocycles. The molecule has 1 rings (SSSR count). The summed E-state index contributed by atoms with van der Waals surface area (Å²) < 4.78 is 0. The minimum absolute atomic E-state index is 0.0311. The lowest BCUT2D eigenvalue weighted by atomic mass is 10.0. The van der Waals surface area contributed by atoms with E-state index in [0.29, 0.717) is 18.3 Å². The van der Waals surface area contributed by atoms with E-state index >= 15 is 0 Å². The number of nitrogens with zero attached hydrogens (tertiary/aromatic N) is 4. The van der Waals surface area contributed by atoms with Gasteiger partial charge in [-0.1, -0.05) is 26.7 Å². The van der Waals surface area contributed by atoms with Gasteiger partial charge >= 0.3 is 5.69 Å². The van der Waals surface area contributed by atoms with Gasteiger partial charge in [-0.15, -0.1) is 0 Å². The Morgan fingerprint density at radius 1 is 1.42 bits per heavy atom. The van der Waals surface area contributed by atoms with Gasteiger partial charge in [0.05, 0.1) is 4.92 Å². The van der Waals surface area contributed by atoms with Crippen molar-refractivity contribution in [1.82, 2.24) is 9.97 Å². The van der Waals surface area contributed by atoms with Crippen LogP contribution in [0.25, 0.3) is 0 Å². The fourth-order valence-electron chi connectivity index (χ4n) is 1.93. The lowest BCUT2D eigenvalue weighted by Gasteiger charge is -2.25. The molecule has 1 aromatic heterocycles. The number of hydrogen-bond donors (Lipinski definition) is 0. The maximum absolute atomic E-state index is 11.0. The van der Waals surface area contributed by atoms with Crippen LogP contribution in [0.5, 0.6) is 0 Å². The highest BCUT2D eigenvalue weighted by Crippen LogP contribution is 2.27. The fourth-order valence-corrected chi connectivity index (χ4v) is 2.06. The quantitative estimate of drug-likeness (QED) is 0.437. The van der Waals surface area contributed by atoms with E-state index in [0.717, 1.165) is 19.4 Å². The van der Waals surface area contributed by atoms with Gasteiger partial charge in [-0.3, -0.25) is 10.1 Å². The Morgan fingerprint density at radius 2 is 2.05 bits per heavy atom. The molecule has 0 bridgehead atoms. The third-order valence-corrected chi connectivity index (χ3v) is 3.41. The molecular weight excluding hydrogens is 268 g/mol. The van der Waals surface area contributed by atoms with Crippen molar-refractivity contribution in [3.8, 4) is 0 Å². The minimum Gasteiger partial charge on any atom is -0.351 e. The summed E-state index contributed by atoms with van der Waals surface area (Å²) in [4.78, 5) is 20.2. The summed E-state index contributed by atoms with van der Waals surface area (Å²) in [5.41, 5.74) is -0.0998. The average molecular weight is 287 g/mol. The molecule has 0 aromatic carbocycles. The van der Waals surface area contributed by atoms with Crippen LogP contribution < -0.4 is 4.90 Å². The Bertz CT molecular complexity index is 438. The maximum Gasteiger partial charge on any atom is 0.329 e. The highest BCUT2D eigenvalue weighted by atomic mass is 35.5. The number of anilines is 1. The highest BCUT2D eigenvalue weighted by molar-refractivity contribution is 6.28. The second-order valence-electron chi connectivity index (χ2n) is 4.33. The van der Waals surface area contributed by atoms with Gasteiger partial charge in [0.15, 0.2) is 0 Å². The van der Waals surface area contributed by atoms with E-state index in [9.17, 15) is 10.1 Å². The number of nitro groups is 1. The SMILES string of the molecule is CCC(CC)CN(CC)c1nc(Cl)ncc1[N+](=O)[O-]. The van der Waals surface area contributed by atoms with E-state index in [1.807, 2.05) is 11.8 Å². The van der Waals surface area contributed by atoms with Gasteiger partial charge in [0, 0.05) is 13.1 Å². The molecule has 0 saturated heterocycles. The van der Waals surface area contributed by atoms with Crippen LogP contribution >= 0.6 is 11.6 Å². The Labute approximate surface area is 118 Å². The van der Waals surface area contributed by atoms with Crippen LogP contribution in [0.1, 0.15) is 33.6 Å². The third-order valence-electron chi connectivity index (χ3n) is 3.23. The number of rotatable bonds is 7. The Balaban J connectivity index is 3.09. The lowest BCUT2D eigenvalue weighted by Crippen LogP contribution is -2.30. The van der Waals surface area contributed by atoms with E-state index < -0.39 is 4.92 Å². The van der Waals surface area contributed by atoms with E-state index in [2.05, 4.69) is 23.8 Å². The van der Waals surface area contributed by atoms with Crippen molar-refractivity contribution >= 4 is 23.1 Å². The molecule has 0 saturated carbocycles. The summed E-state index contributed by atoms with van der Waals surface area (Å²) in [6.45, 7) is 7.55. The normalized spacial score (nSPS) is 10.8. The second-order valence-corrected chi connectivity index (χ2v) is 4.66. The van der Waals surface area contributed by atoms with Crippen LogP contribution in [0, 0.1) is 16.0 Å². The smallest absolute Gasteiger partial charge is 0.329 e. The Hall–Kier alpha value is -1.43. The van der Waals surface area contributed by atoms with Gasteiger partial charge in [0.1, 0.15) is 6.20 Å². The summed E-state index contributed by atoms with van der Waals surface area (Å²) in [7, 11) is 0. The maximum atomic E-state index is 11.0. The van der Waals surface area contributed by atoms with Crippen molar-refractivity contribution in [3.63, 3.8) is 0 Å². The zero-order valence-electron chi connectivity index (χ0n) is 11.5. The van der Waals surface area contributed by atoms with Crippen LogP contribution in [0.2, 0.25) is 5.28 Å². The molecular formula is C12H19ClN4O2. The second kappa shape index (κ2) is 7.23. The number of aromatic nitrogens is 2. The number of hydrogen-bond acceptors (Lipinski definition) is 5. The molecule has 0 aliphatic heterocycles. The Kier molecular flexibility index (Phi) is 5.95. The molecule has 0 spiro atoms. The molecule has 19 heavy (non-hydrogen) atoms. The standard InChI is InChI=1S/C12H19ClN4O2/c1-4-9(5-2)8-16(6-3)11-10(17(18)19)7-14-12(13)15-11/h7,9H,4-6,8H2,1-3H3. The predicted molar refractivity (Wildman–Crippen MR) is 75.7 cm³/mol. The zero-order valence-corrected chi connectivity index (χ0v) is 12.2. The molecule has 0 fully saturated rings. The van der Waals surface area contributed by atoms with E-state index in [1.54, 1.807) is 0 Å². The summed E-state index contributed by atoms with van der Waals surface area (Å²) in [5, 5.41) is 11.1. The van der Waals surface area contributed by atoms with Crippen molar-refractivity contribution in [3.05, 3.63) is 21.6 Å². The topological polar surface area (TPSA) is 72.2 Å². The van der Waals surface area contributed by atoms with E-state index in [-0.39, 0.29) is 11.0 Å². The average Bonchev–Trinajstić information content (AvgIpc) is 2.40. The molecule has 0 radical (unpaired) electrons. The van der Waals surface area contributed by atoms with E-state index in [1.165, 1.54) is 6.20 Å². The van der Waals surface area contributed by atoms with Gasteiger partial charge in [0.25, 0.3) is 0 Å². The first-order valence-corrected chi connectivity index (χ1v) is 6.83. The molecule has 0 unspecified atom stereocenters. The van der Waals surface area contributed by atoms with Crippen molar-refractivity contribution in [1.29, 1.82) is 0 Å². The minimum atomic E-state index is -0.471. The van der Waals surface area contributed by atoms with Crippen molar-refractivity contribution in [2.24, 2.45) is 5.92 Å². The molecule has 7 heteroatoms. The summed E-state index contributed by atoms with van der Waals surface area (Å²) in [6.07, 6.45) is 3.22. The summed E-state index contributed by atoms with van der Waals surface area (Å²) in [5.74, 6) is 0.785. The first kappa shape index (κ1) is 15.6.